The minimum Gasteiger partial charge on any atom is -0.334 e. The molecule has 1 saturated heterocycles. The highest BCUT2D eigenvalue weighted by molar-refractivity contribution is 6.04. The summed E-state index contributed by atoms with van der Waals surface area (Å²) in [5, 5.41) is 7.86. The summed E-state index contributed by atoms with van der Waals surface area (Å²) in [5.41, 5.74) is 1.75. The molecule has 3 aromatic carbocycles. The third-order valence-electron chi connectivity index (χ3n) is 5.32. The number of amides is 3. The van der Waals surface area contributed by atoms with Crippen LogP contribution in [0.1, 0.15) is 28.8 Å². The molecule has 0 spiro atoms. The molecule has 1 fully saturated rings. The van der Waals surface area contributed by atoms with Crippen molar-refractivity contribution in [2.24, 2.45) is 0 Å². The van der Waals surface area contributed by atoms with Crippen LogP contribution in [-0.4, -0.2) is 36.0 Å². The lowest BCUT2D eigenvalue weighted by Crippen LogP contribution is -2.51. The molecule has 0 radical (unpaired) electrons. The van der Waals surface area contributed by atoms with E-state index in [-0.39, 0.29) is 11.9 Å². The number of nitrogens with one attached hydrogen (secondary N) is 2. The topological polar surface area (TPSA) is 61.4 Å². The Balaban J connectivity index is 1.31. The van der Waals surface area contributed by atoms with Crippen molar-refractivity contribution in [1.82, 2.24) is 15.5 Å². The molecule has 1 aliphatic heterocycles. The Morgan fingerprint density at radius 2 is 1.69 bits per heavy atom. The van der Waals surface area contributed by atoms with Gasteiger partial charge in [0, 0.05) is 24.7 Å². The number of hydrogen-bond acceptors (Lipinski definition) is 3. The average Bonchev–Trinajstić information content (AvgIpc) is 2.74. The number of likely N-dealkylation sites (tertiary alicyclic amines) is 1. The van der Waals surface area contributed by atoms with Crippen molar-refractivity contribution in [2.45, 2.75) is 25.4 Å². The Kier molecular flexibility index (Phi) is 5.86. The Labute approximate surface area is 170 Å². The van der Waals surface area contributed by atoms with E-state index in [2.05, 4.69) is 58.0 Å². The lowest BCUT2D eigenvalue weighted by Gasteiger charge is -2.33. The van der Waals surface area contributed by atoms with Crippen molar-refractivity contribution < 1.29 is 9.59 Å². The van der Waals surface area contributed by atoms with Crippen molar-refractivity contribution in [3.8, 4) is 0 Å². The van der Waals surface area contributed by atoms with Crippen LogP contribution < -0.4 is 10.6 Å². The summed E-state index contributed by atoms with van der Waals surface area (Å²) < 4.78 is 0. The van der Waals surface area contributed by atoms with Gasteiger partial charge in [0.15, 0.2) is 0 Å². The van der Waals surface area contributed by atoms with Gasteiger partial charge in [0.2, 0.25) is 0 Å². The standard InChI is InChI=1S/C24H25N3O2/c28-23(20-8-2-1-3-9-20)26-24(29)25-22-11-6-14-27(17-22)16-18-12-13-19-7-4-5-10-21(19)15-18/h1-5,7-10,12-13,15,22H,6,11,14,16-17H2,(H2,25,26,28,29). The number of imide groups is 1. The molecule has 1 aliphatic rings. The number of fused-ring (bicyclic) bond motifs is 1. The maximum absolute atomic E-state index is 12.2. The second-order valence-corrected chi connectivity index (χ2v) is 7.55. The van der Waals surface area contributed by atoms with Gasteiger partial charge in [-0.3, -0.25) is 15.0 Å². The number of hydrogen-bond donors (Lipinski definition) is 2. The first-order valence-electron chi connectivity index (χ1n) is 10.0. The maximum Gasteiger partial charge on any atom is 0.321 e. The van der Waals surface area contributed by atoms with Crippen LogP contribution in [0.15, 0.2) is 72.8 Å². The molecule has 148 valence electrons. The first kappa shape index (κ1) is 19.2. The quantitative estimate of drug-likeness (QED) is 0.713. The van der Waals surface area contributed by atoms with E-state index in [0.717, 1.165) is 32.5 Å². The molecule has 0 saturated carbocycles. The minimum atomic E-state index is -0.434. The van der Waals surface area contributed by atoms with Crippen LogP contribution in [0.25, 0.3) is 10.8 Å². The van der Waals surface area contributed by atoms with Gasteiger partial charge in [-0.15, -0.1) is 0 Å². The third-order valence-corrected chi connectivity index (χ3v) is 5.32. The monoisotopic (exact) mass is 387 g/mol. The van der Waals surface area contributed by atoms with E-state index in [0.29, 0.717) is 5.56 Å². The summed E-state index contributed by atoms with van der Waals surface area (Å²) in [4.78, 5) is 26.7. The number of piperidine rings is 1. The molecule has 3 aromatic rings. The number of carbonyl (C=O) groups excluding carboxylic acids is 2. The molecule has 1 heterocycles. The van der Waals surface area contributed by atoms with Crippen molar-refractivity contribution in [2.75, 3.05) is 13.1 Å². The summed E-state index contributed by atoms with van der Waals surface area (Å²) in [6.45, 7) is 2.64. The summed E-state index contributed by atoms with van der Waals surface area (Å²) in [6.07, 6.45) is 1.94. The van der Waals surface area contributed by atoms with Gasteiger partial charge in [-0.05, 0) is 53.9 Å². The number of rotatable bonds is 4. The Morgan fingerprint density at radius 3 is 2.52 bits per heavy atom. The molecular formula is C24H25N3O2. The van der Waals surface area contributed by atoms with Gasteiger partial charge < -0.3 is 5.32 Å². The number of urea groups is 1. The predicted molar refractivity (Wildman–Crippen MR) is 115 cm³/mol. The molecule has 5 nitrogen and oxygen atoms in total. The molecule has 29 heavy (non-hydrogen) atoms. The maximum atomic E-state index is 12.2. The first-order valence-corrected chi connectivity index (χ1v) is 10.0. The van der Waals surface area contributed by atoms with Crippen LogP contribution in [0.4, 0.5) is 4.79 Å². The third kappa shape index (κ3) is 5.00. The lowest BCUT2D eigenvalue weighted by molar-refractivity contribution is 0.0961. The number of benzene rings is 3. The van der Waals surface area contributed by atoms with Crippen molar-refractivity contribution in [3.05, 3.63) is 83.9 Å². The van der Waals surface area contributed by atoms with Crippen LogP contribution >= 0.6 is 0 Å². The highest BCUT2D eigenvalue weighted by Crippen LogP contribution is 2.19. The molecule has 4 rings (SSSR count). The molecule has 0 aromatic heterocycles. The van der Waals surface area contributed by atoms with Crippen LogP contribution in [0.5, 0.6) is 0 Å². The summed E-state index contributed by atoms with van der Waals surface area (Å²) >= 11 is 0. The Bertz CT molecular complexity index is 1000. The normalized spacial score (nSPS) is 17.0. The number of nitrogens with zero attached hydrogens (tertiary/aromatic N) is 1. The van der Waals surface area contributed by atoms with E-state index in [4.69, 9.17) is 0 Å². The van der Waals surface area contributed by atoms with Crippen LogP contribution in [0.3, 0.4) is 0 Å². The second-order valence-electron chi connectivity index (χ2n) is 7.55. The van der Waals surface area contributed by atoms with E-state index < -0.39 is 6.03 Å². The van der Waals surface area contributed by atoms with E-state index in [1.807, 2.05) is 6.07 Å². The van der Waals surface area contributed by atoms with E-state index >= 15 is 0 Å². The second kappa shape index (κ2) is 8.88. The molecule has 0 bridgehead atoms. The SMILES string of the molecule is O=C(NC(=O)c1ccccc1)NC1CCCN(Cc2ccc3ccccc3c2)C1. The minimum absolute atomic E-state index is 0.0350. The molecule has 5 heteroatoms. The zero-order valence-corrected chi connectivity index (χ0v) is 16.3. The Morgan fingerprint density at radius 1 is 0.931 bits per heavy atom. The smallest absolute Gasteiger partial charge is 0.321 e. The number of carbonyl (C=O) groups is 2. The predicted octanol–water partition coefficient (Wildman–Crippen LogP) is 3.94. The van der Waals surface area contributed by atoms with Crippen molar-refractivity contribution in [3.63, 3.8) is 0 Å². The van der Waals surface area contributed by atoms with E-state index in [9.17, 15) is 9.59 Å². The summed E-state index contributed by atoms with van der Waals surface area (Å²) in [7, 11) is 0. The molecule has 1 atom stereocenters. The highest BCUT2D eigenvalue weighted by Gasteiger charge is 2.22. The largest absolute Gasteiger partial charge is 0.334 e. The average molecular weight is 387 g/mol. The molecule has 3 amide bonds. The van der Waals surface area contributed by atoms with Gasteiger partial charge in [-0.25, -0.2) is 4.79 Å². The van der Waals surface area contributed by atoms with Crippen molar-refractivity contribution >= 4 is 22.7 Å². The summed E-state index contributed by atoms with van der Waals surface area (Å²) in [6, 6.07) is 23.3. The van der Waals surface area contributed by atoms with Crippen LogP contribution in [0.2, 0.25) is 0 Å². The fourth-order valence-electron chi connectivity index (χ4n) is 3.90. The van der Waals surface area contributed by atoms with Gasteiger partial charge in [0.25, 0.3) is 5.91 Å². The fourth-order valence-corrected chi connectivity index (χ4v) is 3.90. The van der Waals surface area contributed by atoms with E-state index in [1.165, 1.54) is 16.3 Å². The zero-order valence-electron chi connectivity index (χ0n) is 16.3. The fraction of sp³-hybridized carbons (Fsp3) is 0.250. The van der Waals surface area contributed by atoms with Crippen LogP contribution in [0, 0.1) is 0 Å². The zero-order chi connectivity index (χ0) is 20.1. The summed E-state index contributed by atoms with van der Waals surface area (Å²) in [5.74, 6) is -0.382. The molecular weight excluding hydrogens is 362 g/mol. The van der Waals surface area contributed by atoms with E-state index in [1.54, 1.807) is 24.3 Å². The van der Waals surface area contributed by atoms with Gasteiger partial charge in [-0.1, -0.05) is 54.6 Å². The molecule has 0 aliphatic carbocycles. The lowest BCUT2D eigenvalue weighted by atomic mass is 10.0. The van der Waals surface area contributed by atoms with Gasteiger partial charge >= 0.3 is 6.03 Å². The van der Waals surface area contributed by atoms with Gasteiger partial charge in [0.1, 0.15) is 0 Å². The molecule has 1 unspecified atom stereocenters. The Hall–Kier alpha value is -3.18. The van der Waals surface area contributed by atoms with Crippen molar-refractivity contribution in [1.29, 1.82) is 0 Å². The first-order chi connectivity index (χ1) is 14.2. The van der Waals surface area contributed by atoms with Gasteiger partial charge in [-0.2, -0.15) is 0 Å². The van der Waals surface area contributed by atoms with Gasteiger partial charge in [0.05, 0.1) is 0 Å². The highest BCUT2D eigenvalue weighted by atomic mass is 16.2. The molecule has 2 N–H and O–H groups in total. The van der Waals surface area contributed by atoms with Crippen LogP contribution in [-0.2, 0) is 6.54 Å².